The highest BCUT2D eigenvalue weighted by atomic mass is 16.7. The van der Waals surface area contributed by atoms with E-state index in [0.29, 0.717) is 6.42 Å². The van der Waals surface area contributed by atoms with Gasteiger partial charge >= 0.3 is 0 Å². The van der Waals surface area contributed by atoms with Crippen LogP contribution < -0.4 is 5.32 Å². The summed E-state index contributed by atoms with van der Waals surface area (Å²) in [5.41, 5.74) is 0. The van der Waals surface area contributed by atoms with Gasteiger partial charge in [-0.15, -0.1) is 0 Å². The van der Waals surface area contributed by atoms with Crippen LogP contribution in [0.3, 0.4) is 0 Å². The zero-order valence-electron chi connectivity index (χ0n) is 53.8. The molecule has 0 radical (unpaired) electrons. The van der Waals surface area contributed by atoms with Gasteiger partial charge in [-0.1, -0.05) is 338 Å². The Kier molecular flexibility index (Phi) is 58.9. The van der Waals surface area contributed by atoms with Crippen LogP contribution in [-0.4, -0.2) is 87.5 Å². The number of allylic oxidation sites excluding steroid dienone is 9. The number of carbonyl (C=O) groups excluding carboxylic acids is 1. The van der Waals surface area contributed by atoms with Crippen molar-refractivity contribution in [2.24, 2.45) is 0 Å². The summed E-state index contributed by atoms with van der Waals surface area (Å²) < 4.78 is 11.3. The number of rotatable bonds is 62. The first-order chi connectivity index (χ1) is 40.3. The molecule has 0 saturated carbocycles. The summed E-state index contributed by atoms with van der Waals surface area (Å²) in [6, 6.07) is -0.804. The molecule has 9 heteroatoms. The maximum Gasteiger partial charge on any atom is 0.220 e. The summed E-state index contributed by atoms with van der Waals surface area (Å²) >= 11 is 0. The lowest BCUT2D eigenvalue weighted by molar-refractivity contribution is -0.302. The molecule has 82 heavy (non-hydrogen) atoms. The van der Waals surface area contributed by atoms with Gasteiger partial charge in [0.2, 0.25) is 5.91 Å². The van der Waals surface area contributed by atoms with Gasteiger partial charge in [0, 0.05) is 6.42 Å². The van der Waals surface area contributed by atoms with Crippen LogP contribution in [0.4, 0.5) is 0 Å². The van der Waals surface area contributed by atoms with Crippen LogP contribution in [0, 0.1) is 0 Å². The normalized spacial score (nSPS) is 18.6. The molecule has 1 heterocycles. The minimum atomic E-state index is -1.57. The monoisotopic (exact) mass is 1150 g/mol. The molecule has 0 aliphatic carbocycles. The third-order valence-electron chi connectivity index (χ3n) is 16.8. The molecule has 1 aliphatic rings. The van der Waals surface area contributed by atoms with E-state index >= 15 is 0 Å². The number of aliphatic hydroxyl groups excluding tert-OH is 5. The molecule has 7 atom stereocenters. The van der Waals surface area contributed by atoms with Gasteiger partial charge in [0.1, 0.15) is 24.4 Å². The Hall–Kier alpha value is -2.11. The summed E-state index contributed by atoms with van der Waals surface area (Å²) in [6.45, 7) is 3.70. The van der Waals surface area contributed by atoms with Crippen molar-refractivity contribution in [2.75, 3.05) is 13.2 Å². The molecule has 0 aromatic rings. The number of aliphatic hydroxyl groups is 5. The second-order valence-corrected chi connectivity index (χ2v) is 24.7. The lowest BCUT2D eigenvalue weighted by atomic mass is 9.99. The number of ether oxygens (including phenoxy) is 2. The molecule has 1 amide bonds. The number of amides is 1. The molecule has 0 spiro atoms. The quantitative estimate of drug-likeness (QED) is 0.0261. The van der Waals surface area contributed by atoms with Crippen LogP contribution in [0.1, 0.15) is 341 Å². The smallest absolute Gasteiger partial charge is 0.220 e. The third-order valence-corrected chi connectivity index (χ3v) is 16.8. The fourth-order valence-corrected chi connectivity index (χ4v) is 11.3. The predicted molar refractivity (Wildman–Crippen MR) is 350 cm³/mol. The van der Waals surface area contributed by atoms with Gasteiger partial charge < -0.3 is 40.3 Å². The van der Waals surface area contributed by atoms with Gasteiger partial charge in [-0.05, 0) is 57.8 Å². The predicted octanol–water partition coefficient (Wildman–Crippen LogP) is 19.4. The van der Waals surface area contributed by atoms with E-state index in [0.717, 1.165) is 64.2 Å². The number of carbonyl (C=O) groups is 1. The molecule has 0 aromatic heterocycles. The topological polar surface area (TPSA) is 149 Å². The summed E-state index contributed by atoms with van der Waals surface area (Å²) in [5, 5.41) is 54.7. The first-order valence-electron chi connectivity index (χ1n) is 35.5. The molecule has 1 aliphatic heterocycles. The van der Waals surface area contributed by atoms with Gasteiger partial charge in [0.05, 0.1) is 25.4 Å². The van der Waals surface area contributed by atoms with E-state index in [-0.39, 0.29) is 12.5 Å². The Balaban J connectivity index is 2.03. The van der Waals surface area contributed by atoms with Gasteiger partial charge in [0.15, 0.2) is 6.29 Å². The molecule has 1 fully saturated rings. The van der Waals surface area contributed by atoms with Gasteiger partial charge in [-0.2, -0.15) is 0 Å². The van der Waals surface area contributed by atoms with Crippen LogP contribution in [0.25, 0.3) is 0 Å². The van der Waals surface area contributed by atoms with Crippen molar-refractivity contribution in [1.29, 1.82) is 0 Å². The van der Waals surface area contributed by atoms with E-state index in [4.69, 9.17) is 9.47 Å². The Morgan fingerprint density at radius 3 is 1.12 bits per heavy atom. The molecule has 0 aromatic carbocycles. The van der Waals surface area contributed by atoms with Crippen LogP contribution in [-0.2, 0) is 14.3 Å². The van der Waals surface area contributed by atoms with E-state index < -0.39 is 49.5 Å². The van der Waals surface area contributed by atoms with E-state index in [1.807, 2.05) is 6.08 Å². The van der Waals surface area contributed by atoms with E-state index in [1.165, 1.54) is 257 Å². The second kappa shape index (κ2) is 62.0. The Morgan fingerprint density at radius 1 is 0.427 bits per heavy atom. The standard InChI is InChI=1S/C73H135NO8/c1-3-5-7-9-11-13-15-17-19-21-23-24-25-26-27-28-29-30-31-32-33-34-35-36-37-38-39-40-41-42-43-44-45-47-49-51-53-55-57-59-61-63-69(77)74-66(65-81-73-72(80)71(79)70(78)68(64-75)82-73)67(76)62-60-58-56-54-52-50-48-46-22-20-18-16-14-12-10-8-6-4-2/h5,7,11,13,17,19,23-24,60,62,66-68,70-73,75-76,78-80H,3-4,6,8-10,12,14-16,18,20-22,25-59,61,63-65H2,1-2H3,(H,74,77)/b7-5-,13-11-,19-17-,24-23-,62-60+. The third kappa shape index (κ3) is 50.1. The fraction of sp³-hybridized carbons (Fsp3) is 0.849. The molecule has 0 bridgehead atoms. The van der Waals surface area contributed by atoms with Crippen LogP contribution in [0.2, 0.25) is 0 Å². The molecular formula is C73H135NO8. The molecular weight excluding hydrogens is 1020 g/mol. The number of hydrogen-bond donors (Lipinski definition) is 6. The maximum atomic E-state index is 13.1. The largest absolute Gasteiger partial charge is 0.394 e. The maximum absolute atomic E-state index is 13.1. The van der Waals surface area contributed by atoms with Crippen LogP contribution in [0.15, 0.2) is 60.8 Å². The average Bonchev–Trinajstić information content (AvgIpc) is 3.57. The number of hydrogen-bond acceptors (Lipinski definition) is 8. The Labute approximate surface area is 506 Å². The Bertz CT molecular complexity index is 1480. The van der Waals surface area contributed by atoms with Crippen LogP contribution in [0.5, 0.6) is 0 Å². The lowest BCUT2D eigenvalue weighted by Gasteiger charge is -2.40. The highest BCUT2D eigenvalue weighted by Gasteiger charge is 2.44. The fourth-order valence-electron chi connectivity index (χ4n) is 11.3. The molecule has 1 rings (SSSR count). The van der Waals surface area contributed by atoms with Crippen molar-refractivity contribution >= 4 is 5.91 Å². The minimum Gasteiger partial charge on any atom is -0.394 e. The molecule has 6 N–H and O–H groups in total. The van der Waals surface area contributed by atoms with Crippen molar-refractivity contribution in [3.8, 4) is 0 Å². The van der Waals surface area contributed by atoms with Crippen molar-refractivity contribution < 1.29 is 39.8 Å². The zero-order valence-corrected chi connectivity index (χ0v) is 53.8. The average molecular weight is 1150 g/mol. The van der Waals surface area contributed by atoms with Gasteiger partial charge in [-0.3, -0.25) is 4.79 Å². The highest BCUT2D eigenvalue weighted by Crippen LogP contribution is 2.23. The van der Waals surface area contributed by atoms with E-state index in [9.17, 15) is 30.3 Å². The summed E-state index contributed by atoms with van der Waals surface area (Å²) in [6.07, 6.45) is 79.2. The second-order valence-electron chi connectivity index (χ2n) is 24.7. The number of nitrogens with one attached hydrogen (secondary N) is 1. The van der Waals surface area contributed by atoms with Crippen molar-refractivity contribution in [2.45, 2.75) is 384 Å². The van der Waals surface area contributed by atoms with E-state index in [2.05, 4.69) is 67.8 Å². The minimum absolute atomic E-state index is 0.170. The molecule has 1 saturated heterocycles. The van der Waals surface area contributed by atoms with Gasteiger partial charge in [0.25, 0.3) is 0 Å². The number of unbranched alkanes of at least 4 members (excludes halogenated alkanes) is 44. The zero-order chi connectivity index (χ0) is 59.3. The first kappa shape index (κ1) is 77.9. The van der Waals surface area contributed by atoms with E-state index in [1.54, 1.807) is 6.08 Å². The lowest BCUT2D eigenvalue weighted by Crippen LogP contribution is -2.60. The highest BCUT2D eigenvalue weighted by molar-refractivity contribution is 5.76. The molecule has 7 unspecified atom stereocenters. The van der Waals surface area contributed by atoms with Gasteiger partial charge in [-0.25, -0.2) is 0 Å². The van der Waals surface area contributed by atoms with Crippen LogP contribution >= 0.6 is 0 Å². The SMILES string of the molecule is CC/C=C\C/C=C\C/C=C\C/C=C\CCCCCCCCCCCCCCCCCCCCCCCCCCCCCCC(=O)NC(COC1OC(CO)C(O)C(O)C1O)C(O)/C=C/CCCCCCCCCCCCCCCCCC. The van der Waals surface area contributed by atoms with Crippen molar-refractivity contribution in [1.82, 2.24) is 5.32 Å². The van der Waals surface area contributed by atoms with Crippen molar-refractivity contribution in [3.05, 3.63) is 60.8 Å². The first-order valence-corrected chi connectivity index (χ1v) is 35.5. The summed E-state index contributed by atoms with van der Waals surface area (Å²) in [5.74, 6) is -0.170. The van der Waals surface area contributed by atoms with Crippen molar-refractivity contribution in [3.63, 3.8) is 0 Å². The molecule has 480 valence electrons. The Morgan fingerprint density at radius 2 is 0.756 bits per heavy atom. The summed E-state index contributed by atoms with van der Waals surface area (Å²) in [4.78, 5) is 13.1. The summed E-state index contributed by atoms with van der Waals surface area (Å²) in [7, 11) is 0. The molecule has 9 nitrogen and oxygen atoms in total.